The van der Waals surface area contributed by atoms with Crippen molar-refractivity contribution >= 4 is 5.97 Å². The molecule has 0 bridgehead atoms. The summed E-state index contributed by atoms with van der Waals surface area (Å²) in [7, 11) is 0. The van der Waals surface area contributed by atoms with Crippen molar-refractivity contribution in [1.29, 1.82) is 0 Å². The molecule has 4 heteroatoms. The highest BCUT2D eigenvalue weighted by Crippen LogP contribution is 2.41. The zero-order valence-electron chi connectivity index (χ0n) is 19.5. The lowest BCUT2D eigenvalue weighted by Gasteiger charge is -2.30. The predicted molar refractivity (Wildman–Crippen MR) is 121 cm³/mol. The van der Waals surface area contributed by atoms with Crippen molar-refractivity contribution in [2.24, 2.45) is 17.8 Å². The van der Waals surface area contributed by atoms with E-state index in [-0.39, 0.29) is 18.1 Å². The Morgan fingerprint density at radius 3 is 2.13 bits per heavy atom. The SMILES string of the molecule is CCCCCCCCC1OC1CCCCC1OC1C(CC1CCCCC1C)C(=O)O. The van der Waals surface area contributed by atoms with Crippen LogP contribution in [-0.2, 0) is 14.3 Å². The number of rotatable bonds is 16. The van der Waals surface area contributed by atoms with Crippen molar-refractivity contribution in [3.63, 3.8) is 0 Å². The minimum absolute atomic E-state index is 0.0331. The van der Waals surface area contributed by atoms with E-state index in [1.807, 2.05) is 0 Å². The maximum Gasteiger partial charge on any atom is 0.309 e. The van der Waals surface area contributed by atoms with Crippen molar-refractivity contribution in [1.82, 2.24) is 0 Å². The van der Waals surface area contributed by atoms with Crippen LogP contribution in [0.5, 0.6) is 0 Å². The van der Waals surface area contributed by atoms with Gasteiger partial charge in [-0.25, -0.2) is 0 Å². The van der Waals surface area contributed by atoms with Crippen LogP contribution in [0.3, 0.4) is 0 Å². The summed E-state index contributed by atoms with van der Waals surface area (Å²) in [6.07, 6.45) is 20.9. The first kappa shape index (κ1) is 24.0. The Balaban J connectivity index is 1.22. The van der Waals surface area contributed by atoms with Gasteiger partial charge < -0.3 is 14.6 Å². The van der Waals surface area contributed by atoms with Gasteiger partial charge in [0.2, 0.25) is 0 Å². The summed E-state index contributed by atoms with van der Waals surface area (Å²) >= 11 is 0. The van der Waals surface area contributed by atoms with E-state index in [1.54, 1.807) is 0 Å². The van der Waals surface area contributed by atoms with Gasteiger partial charge in [-0.3, -0.25) is 4.79 Å². The molecule has 4 nitrogen and oxygen atoms in total. The molecule has 3 aliphatic rings. The predicted octanol–water partition coefficient (Wildman–Crippen LogP) is 6.75. The molecule has 0 radical (unpaired) electrons. The smallest absolute Gasteiger partial charge is 0.309 e. The van der Waals surface area contributed by atoms with E-state index in [1.165, 1.54) is 83.5 Å². The Labute approximate surface area is 184 Å². The number of carboxylic acid groups (broad SMARTS) is 1. The van der Waals surface area contributed by atoms with Gasteiger partial charge in [-0.15, -0.1) is 0 Å². The second-order valence-corrected chi connectivity index (χ2v) is 10.4. The molecule has 2 aliphatic heterocycles. The highest BCUT2D eigenvalue weighted by atomic mass is 16.6. The third kappa shape index (κ3) is 7.82. The minimum Gasteiger partial charge on any atom is -0.481 e. The molecule has 2 heterocycles. The van der Waals surface area contributed by atoms with Gasteiger partial charge in [0, 0.05) is 0 Å². The van der Waals surface area contributed by atoms with Gasteiger partial charge in [-0.05, 0) is 37.5 Å². The van der Waals surface area contributed by atoms with Crippen LogP contribution >= 0.6 is 0 Å². The lowest BCUT2D eigenvalue weighted by molar-refractivity contribution is -0.143. The van der Waals surface area contributed by atoms with Crippen LogP contribution < -0.4 is 0 Å². The summed E-state index contributed by atoms with van der Waals surface area (Å²) in [5.74, 6) is 0.291. The maximum atomic E-state index is 11.8. The number of hydrogen-bond donors (Lipinski definition) is 1. The van der Waals surface area contributed by atoms with Crippen LogP contribution in [0.2, 0.25) is 0 Å². The molecule has 0 spiro atoms. The number of unbranched alkanes of at least 4 members (excludes halogenated alkanes) is 6. The largest absolute Gasteiger partial charge is 0.481 e. The molecule has 0 aromatic rings. The molecule has 0 aromatic heterocycles. The van der Waals surface area contributed by atoms with Crippen LogP contribution in [0, 0.1) is 17.8 Å². The second kappa shape index (κ2) is 12.4. The number of ether oxygens (including phenoxy) is 2. The molecule has 7 unspecified atom stereocenters. The fourth-order valence-electron chi connectivity index (χ4n) is 5.69. The van der Waals surface area contributed by atoms with E-state index in [0.717, 1.165) is 19.3 Å². The van der Waals surface area contributed by atoms with Crippen molar-refractivity contribution in [2.45, 2.75) is 141 Å². The van der Waals surface area contributed by atoms with E-state index in [4.69, 9.17) is 9.47 Å². The third-order valence-electron chi connectivity index (χ3n) is 7.94. The van der Waals surface area contributed by atoms with E-state index in [2.05, 4.69) is 13.8 Å². The molecule has 30 heavy (non-hydrogen) atoms. The first-order chi connectivity index (χ1) is 14.6. The van der Waals surface area contributed by atoms with Gasteiger partial charge in [0.25, 0.3) is 0 Å². The molecule has 1 N–H and O–H groups in total. The van der Waals surface area contributed by atoms with E-state index < -0.39 is 5.97 Å². The highest BCUT2D eigenvalue weighted by Gasteiger charge is 2.48. The molecular formula is C26H46O4. The summed E-state index contributed by atoms with van der Waals surface area (Å²) < 4.78 is 11.7. The van der Waals surface area contributed by atoms with Gasteiger partial charge in [0.15, 0.2) is 0 Å². The number of carboxylic acids is 1. The molecule has 1 aliphatic carbocycles. The van der Waals surface area contributed by atoms with Crippen LogP contribution in [0.4, 0.5) is 0 Å². The normalized spacial score (nSPS) is 33.9. The van der Waals surface area contributed by atoms with Crippen LogP contribution in [0.1, 0.15) is 117 Å². The van der Waals surface area contributed by atoms with Gasteiger partial charge in [-0.1, -0.05) is 90.9 Å². The minimum atomic E-state index is -0.649. The summed E-state index contributed by atoms with van der Waals surface area (Å²) in [6, 6.07) is 0. The highest BCUT2D eigenvalue weighted by molar-refractivity contribution is 5.71. The van der Waals surface area contributed by atoms with E-state index in [9.17, 15) is 9.90 Å². The van der Waals surface area contributed by atoms with Crippen molar-refractivity contribution < 1.29 is 19.4 Å². The lowest BCUT2D eigenvalue weighted by Crippen LogP contribution is -2.28. The molecular weight excluding hydrogens is 376 g/mol. The summed E-state index contributed by atoms with van der Waals surface area (Å²) in [6.45, 7) is 4.56. The number of carbonyl (C=O) groups is 1. The summed E-state index contributed by atoms with van der Waals surface area (Å²) in [5.41, 5.74) is 0. The monoisotopic (exact) mass is 422 g/mol. The average Bonchev–Trinajstić information content (AvgIpc) is 3.64. The zero-order valence-corrected chi connectivity index (χ0v) is 19.5. The van der Waals surface area contributed by atoms with Crippen molar-refractivity contribution in [3.8, 4) is 0 Å². The Bertz CT molecular complexity index is 507. The number of epoxide rings is 2. The Kier molecular flexibility index (Phi) is 9.96. The molecule has 0 amide bonds. The Hall–Kier alpha value is -0.610. The van der Waals surface area contributed by atoms with Gasteiger partial charge in [0.05, 0.1) is 30.3 Å². The van der Waals surface area contributed by atoms with Crippen LogP contribution in [0.25, 0.3) is 0 Å². The molecule has 2 saturated heterocycles. The number of hydrogen-bond acceptors (Lipinski definition) is 3. The summed E-state index contributed by atoms with van der Waals surface area (Å²) in [5, 5.41) is 9.73. The van der Waals surface area contributed by atoms with Crippen molar-refractivity contribution in [2.75, 3.05) is 0 Å². The standard InChI is InChI=1S/C26H46O4/c1-3-4-5-6-7-8-15-22-23(29-22)16-11-12-17-24-25(30-24)21(26(27)28)18-20-14-10-9-13-19(20)2/h19-25H,3-18H2,1-2H3,(H,27,28). The molecule has 3 rings (SSSR count). The van der Waals surface area contributed by atoms with Crippen LogP contribution in [0.15, 0.2) is 0 Å². The quantitative estimate of drug-likeness (QED) is 0.221. The van der Waals surface area contributed by atoms with E-state index >= 15 is 0 Å². The lowest BCUT2D eigenvalue weighted by atomic mass is 9.75. The molecule has 0 aromatic carbocycles. The average molecular weight is 423 g/mol. The zero-order chi connectivity index (χ0) is 21.3. The van der Waals surface area contributed by atoms with Gasteiger partial charge in [0.1, 0.15) is 0 Å². The Morgan fingerprint density at radius 1 is 0.867 bits per heavy atom. The Morgan fingerprint density at radius 2 is 1.47 bits per heavy atom. The maximum absolute atomic E-state index is 11.8. The van der Waals surface area contributed by atoms with Crippen molar-refractivity contribution in [3.05, 3.63) is 0 Å². The van der Waals surface area contributed by atoms with E-state index in [0.29, 0.717) is 24.0 Å². The summed E-state index contributed by atoms with van der Waals surface area (Å²) in [4.78, 5) is 11.8. The first-order valence-electron chi connectivity index (χ1n) is 13.1. The van der Waals surface area contributed by atoms with Gasteiger partial charge >= 0.3 is 5.97 Å². The van der Waals surface area contributed by atoms with Crippen LogP contribution in [-0.4, -0.2) is 35.5 Å². The third-order valence-corrected chi connectivity index (χ3v) is 7.94. The molecule has 1 saturated carbocycles. The topological polar surface area (TPSA) is 62.4 Å². The fourth-order valence-corrected chi connectivity index (χ4v) is 5.69. The number of aliphatic carboxylic acids is 1. The fraction of sp³-hybridized carbons (Fsp3) is 0.962. The van der Waals surface area contributed by atoms with Gasteiger partial charge in [-0.2, -0.15) is 0 Å². The molecule has 3 fully saturated rings. The molecule has 174 valence electrons. The molecule has 7 atom stereocenters. The first-order valence-corrected chi connectivity index (χ1v) is 13.1. The second-order valence-electron chi connectivity index (χ2n) is 10.4.